The van der Waals surface area contributed by atoms with E-state index in [2.05, 4.69) is 0 Å². The molecule has 0 saturated carbocycles. The molecule has 0 saturated heterocycles. The van der Waals surface area contributed by atoms with Crippen LogP contribution in [0.4, 0.5) is 0 Å². The van der Waals surface area contributed by atoms with E-state index in [4.69, 9.17) is 20.6 Å². The molecule has 92 valence electrons. The van der Waals surface area contributed by atoms with Crippen molar-refractivity contribution in [2.45, 2.75) is 52.7 Å². The van der Waals surface area contributed by atoms with Gasteiger partial charge in [0, 0.05) is 5.88 Å². The molecule has 0 spiro atoms. The second-order valence-electron chi connectivity index (χ2n) is 5.43. The van der Waals surface area contributed by atoms with Gasteiger partial charge in [-0.3, -0.25) is 4.57 Å². The summed E-state index contributed by atoms with van der Waals surface area (Å²) in [5.41, 5.74) is -0.986. The maximum Gasteiger partial charge on any atom is 0.332 e. The molecular formula is C10H22ClO3P. The predicted octanol–water partition coefficient (Wildman–Crippen LogP) is 4.05. The number of hydrogen-bond donors (Lipinski definition) is 0. The first kappa shape index (κ1) is 15.4. The van der Waals surface area contributed by atoms with E-state index in [9.17, 15) is 4.57 Å². The molecule has 0 heterocycles. The van der Waals surface area contributed by atoms with Crippen molar-refractivity contribution in [3.8, 4) is 0 Å². The molecule has 0 aromatic carbocycles. The first-order valence-electron chi connectivity index (χ1n) is 5.04. The van der Waals surface area contributed by atoms with E-state index in [1.165, 1.54) is 0 Å². The van der Waals surface area contributed by atoms with E-state index in [-0.39, 0.29) is 12.0 Å². The molecule has 3 nitrogen and oxygen atoms in total. The van der Waals surface area contributed by atoms with Gasteiger partial charge >= 0.3 is 7.60 Å². The van der Waals surface area contributed by atoms with Crippen LogP contribution in [-0.4, -0.2) is 23.2 Å². The maximum absolute atomic E-state index is 12.3. The number of alkyl halides is 1. The summed E-state index contributed by atoms with van der Waals surface area (Å²) < 4.78 is 23.3. The van der Waals surface area contributed by atoms with E-state index in [0.717, 1.165) is 0 Å². The van der Waals surface area contributed by atoms with Crippen molar-refractivity contribution in [3.63, 3.8) is 0 Å². The summed E-state index contributed by atoms with van der Waals surface area (Å²) in [6, 6.07) is 0. The zero-order valence-electron chi connectivity index (χ0n) is 10.5. The van der Waals surface area contributed by atoms with Crippen LogP contribution in [0.5, 0.6) is 0 Å². The average molecular weight is 257 g/mol. The van der Waals surface area contributed by atoms with E-state index in [1.54, 1.807) is 0 Å². The Hall–Kier alpha value is 0.440. The predicted molar refractivity (Wildman–Crippen MR) is 64.9 cm³/mol. The molecule has 0 unspecified atom stereocenters. The molecule has 0 aliphatic carbocycles. The van der Waals surface area contributed by atoms with Gasteiger partial charge in [-0.15, -0.1) is 11.6 Å². The summed E-state index contributed by atoms with van der Waals surface area (Å²) >= 11 is 5.61. The van der Waals surface area contributed by atoms with Gasteiger partial charge in [0.1, 0.15) is 0 Å². The summed E-state index contributed by atoms with van der Waals surface area (Å²) in [6.45, 7) is 11.1. The Morgan fingerprint density at radius 2 is 1.33 bits per heavy atom. The Bertz CT molecular complexity index is 220. The smallest absolute Gasteiger partial charge is 0.303 e. The van der Waals surface area contributed by atoms with Gasteiger partial charge < -0.3 is 9.05 Å². The minimum Gasteiger partial charge on any atom is -0.303 e. The van der Waals surface area contributed by atoms with Crippen molar-refractivity contribution in [2.24, 2.45) is 0 Å². The summed E-state index contributed by atoms with van der Waals surface area (Å²) in [7, 11) is -3.09. The maximum atomic E-state index is 12.3. The lowest BCUT2D eigenvalue weighted by Crippen LogP contribution is -2.25. The van der Waals surface area contributed by atoms with Crippen molar-refractivity contribution >= 4 is 19.2 Å². The Morgan fingerprint density at radius 1 is 1.00 bits per heavy atom. The van der Waals surface area contributed by atoms with Gasteiger partial charge in [-0.1, -0.05) is 0 Å². The summed E-state index contributed by atoms with van der Waals surface area (Å²) in [5.74, 6) is 0.267. The molecule has 0 aliphatic heterocycles. The molecule has 5 heteroatoms. The Balaban J connectivity index is 4.68. The van der Waals surface area contributed by atoms with Crippen molar-refractivity contribution in [2.75, 3.05) is 12.0 Å². The molecule has 15 heavy (non-hydrogen) atoms. The van der Waals surface area contributed by atoms with Crippen molar-refractivity contribution in [1.29, 1.82) is 0 Å². The van der Waals surface area contributed by atoms with Crippen LogP contribution in [0.15, 0.2) is 0 Å². The van der Waals surface area contributed by atoms with E-state index >= 15 is 0 Å². The third-order valence-electron chi connectivity index (χ3n) is 1.18. The first-order chi connectivity index (χ1) is 6.47. The monoisotopic (exact) mass is 256 g/mol. The fourth-order valence-electron chi connectivity index (χ4n) is 1.05. The molecule has 0 rings (SSSR count). The number of halogens is 1. The Kier molecular flexibility index (Phi) is 5.33. The van der Waals surface area contributed by atoms with Crippen LogP contribution in [0, 0.1) is 0 Å². The Labute approximate surface area is 98.0 Å². The largest absolute Gasteiger partial charge is 0.332 e. The molecule has 0 atom stereocenters. The third-order valence-corrected chi connectivity index (χ3v) is 4.06. The molecule has 0 N–H and O–H groups in total. The van der Waals surface area contributed by atoms with Gasteiger partial charge in [-0.2, -0.15) is 0 Å². The van der Waals surface area contributed by atoms with Crippen LogP contribution in [0.25, 0.3) is 0 Å². The SMILES string of the molecule is CC(C)(C)OP(=O)(CCCl)OC(C)(C)C. The highest BCUT2D eigenvalue weighted by Crippen LogP contribution is 2.54. The summed E-state index contributed by atoms with van der Waals surface area (Å²) in [6.07, 6.45) is 0.239. The van der Waals surface area contributed by atoms with E-state index in [0.29, 0.717) is 0 Å². The van der Waals surface area contributed by atoms with Gasteiger partial charge in [0.05, 0.1) is 17.4 Å². The molecule has 0 fully saturated rings. The lowest BCUT2D eigenvalue weighted by Gasteiger charge is -2.31. The first-order valence-corrected chi connectivity index (χ1v) is 7.30. The highest BCUT2D eigenvalue weighted by molar-refractivity contribution is 7.54. The highest BCUT2D eigenvalue weighted by atomic mass is 35.5. The van der Waals surface area contributed by atoms with Gasteiger partial charge in [-0.25, -0.2) is 0 Å². The second-order valence-corrected chi connectivity index (χ2v) is 7.84. The van der Waals surface area contributed by atoms with Gasteiger partial charge in [-0.05, 0) is 41.5 Å². The summed E-state index contributed by atoms with van der Waals surface area (Å²) in [5, 5.41) is 0. The standard InChI is InChI=1S/C10H22ClO3P/c1-9(2,3)13-15(12,8-7-11)14-10(4,5)6/h7-8H2,1-6H3. The molecule has 0 aromatic heterocycles. The normalized spacial score (nSPS) is 14.3. The van der Waals surface area contributed by atoms with Crippen molar-refractivity contribution < 1.29 is 13.6 Å². The second kappa shape index (κ2) is 5.18. The Morgan fingerprint density at radius 3 is 1.53 bits per heavy atom. The molecule has 0 aliphatic rings. The lowest BCUT2D eigenvalue weighted by atomic mass is 10.2. The summed E-state index contributed by atoms with van der Waals surface area (Å²) in [4.78, 5) is 0. The highest BCUT2D eigenvalue weighted by Gasteiger charge is 2.34. The zero-order valence-corrected chi connectivity index (χ0v) is 12.1. The lowest BCUT2D eigenvalue weighted by molar-refractivity contribution is 0.0499. The van der Waals surface area contributed by atoms with E-state index < -0.39 is 18.8 Å². The van der Waals surface area contributed by atoms with Crippen molar-refractivity contribution in [1.82, 2.24) is 0 Å². The van der Waals surface area contributed by atoms with Crippen LogP contribution in [0.1, 0.15) is 41.5 Å². The fraction of sp³-hybridized carbons (Fsp3) is 1.00. The van der Waals surface area contributed by atoms with Crippen LogP contribution in [-0.2, 0) is 13.6 Å². The number of rotatable bonds is 4. The quantitative estimate of drug-likeness (QED) is 0.562. The molecular weight excluding hydrogens is 235 g/mol. The number of hydrogen-bond acceptors (Lipinski definition) is 3. The van der Waals surface area contributed by atoms with Gasteiger partial charge in [0.2, 0.25) is 0 Å². The molecule has 0 bridgehead atoms. The van der Waals surface area contributed by atoms with Crippen LogP contribution in [0.3, 0.4) is 0 Å². The van der Waals surface area contributed by atoms with Gasteiger partial charge in [0.25, 0.3) is 0 Å². The molecule has 0 aromatic rings. The fourth-order valence-corrected chi connectivity index (χ4v) is 3.76. The van der Waals surface area contributed by atoms with Crippen LogP contribution in [0.2, 0.25) is 0 Å². The minimum absolute atomic E-state index is 0.239. The third kappa shape index (κ3) is 8.27. The van der Waals surface area contributed by atoms with Crippen LogP contribution < -0.4 is 0 Å². The van der Waals surface area contributed by atoms with E-state index in [1.807, 2.05) is 41.5 Å². The average Bonchev–Trinajstić information content (AvgIpc) is 1.74. The minimum atomic E-state index is -3.09. The van der Waals surface area contributed by atoms with Crippen molar-refractivity contribution in [3.05, 3.63) is 0 Å². The topological polar surface area (TPSA) is 35.5 Å². The molecule has 0 amide bonds. The van der Waals surface area contributed by atoms with Gasteiger partial charge in [0.15, 0.2) is 0 Å². The zero-order chi connectivity index (χ0) is 12.3. The van der Waals surface area contributed by atoms with Crippen LogP contribution >= 0.6 is 19.2 Å². The molecule has 0 radical (unpaired) electrons.